The lowest BCUT2D eigenvalue weighted by molar-refractivity contribution is 0.101. The van der Waals surface area contributed by atoms with Crippen molar-refractivity contribution in [3.63, 3.8) is 0 Å². The van der Waals surface area contributed by atoms with Crippen molar-refractivity contribution in [3.8, 4) is 5.88 Å². The molecule has 0 amide bonds. The topological polar surface area (TPSA) is 39.2 Å². The van der Waals surface area contributed by atoms with E-state index in [0.717, 1.165) is 0 Å². The van der Waals surface area contributed by atoms with Crippen LogP contribution in [0.4, 0.5) is 0 Å². The van der Waals surface area contributed by atoms with Crippen LogP contribution in [0.1, 0.15) is 31.1 Å². The fourth-order valence-corrected chi connectivity index (χ4v) is 0.900. The Morgan fingerprint density at radius 2 is 2.15 bits per heavy atom. The first-order valence-corrected chi connectivity index (χ1v) is 4.23. The summed E-state index contributed by atoms with van der Waals surface area (Å²) in [6, 6.07) is 3.42. The standard InChI is InChI=1S/C10H13NO2/c1-7(2)13-10-5-4-9(6-11-10)8(3)12/h4-7H,1-3H3. The van der Waals surface area contributed by atoms with E-state index in [2.05, 4.69) is 4.98 Å². The Balaban J connectivity index is 2.75. The first-order valence-electron chi connectivity index (χ1n) is 4.23. The second-order valence-electron chi connectivity index (χ2n) is 3.11. The van der Waals surface area contributed by atoms with E-state index in [4.69, 9.17) is 4.74 Å². The maximum Gasteiger partial charge on any atom is 0.213 e. The Labute approximate surface area is 77.8 Å². The molecule has 0 atom stereocenters. The minimum atomic E-state index is 0.0172. The van der Waals surface area contributed by atoms with Gasteiger partial charge in [-0.15, -0.1) is 0 Å². The van der Waals surface area contributed by atoms with E-state index in [1.54, 1.807) is 12.1 Å². The number of hydrogen-bond donors (Lipinski definition) is 0. The molecule has 0 saturated carbocycles. The molecule has 1 aromatic rings. The first-order chi connectivity index (χ1) is 6.09. The van der Waals surface area contributed by atoms with E-state index in [0.29, 0.717) is 11.4 Å². The van der Waals surface area contributed by atoms with E-state index >= 15 is 0 Å². The van der Waals surface area contributed by atoms with Crippen molar-refractivity contribution in [2.24, 2.45) is 0 Å². The van der Waals surface area contributed by atoms with Crippen LogP contribution in [0.3, 0.4) is 0 Å². The molecule has 0 unspecified atom stereocenters. The number of ether oxygens (including phenoxy) is 1. The van der Waals surface area contributed by atoms with Crippen molar-refractivity contribution in [2.75, 3.05) is 0 Å². The smallest absolute Gasteiger partial charge is 0.213 e. The Bertz CT molecular complexity index is 290. The SMILES string of the molecule is CC(=O)c1ccc(OC(C)C)nc1. The monoisotopic (exact) mass is 179 g/mol. The second kappa shape index (κ2) is 4.03. The molecule has 1 aromatic heterocycles. The number of carbonyl (C=O) groups is 1. The third-order valence-electron chi connectivity index (χ3n) is 1.50. The molecule has 13 heavy (non-hydrogen) atoms. The molecule has 70 valence electrons. The Morgan fingerprint density at radius 1 is 1.46 bits per heavy atom. The van der Waals surface area contributed by atoms with Gasteiger partial charge in [0.25, 0.3) is 0 Å². The molecular weight excluding hydrogens is 166 g/mol. The van der Waals surface area contributed by atoms with Crippen LogP contribution in [-0.4, -0.2) is 16.9 Å². The zero-order chi connectivity index (χ0) is 9.84. The van der Waals surface area contributed by atoms with Crippen molar-refractivity contribution < 1.29 is 9.53 Å². The van der Waals surface area contributed by atoms with Gasteiger partial charge in [-0.3, -0.25) is 4.79 Å². The van der Waals surface area contributed by atoms with Crippen LogP contribution in [0.5, 0.6) is 5.88 Å². The van der Waals surface area contributed by atoms with Crippen molar-refractivity contribution in [1.29, 1.82) is 0 Å². The summed E-state index contributed by atoms with van der Waals surface area (Å²) in [4.78, 5) is 14.9. The molecule has 0 N–H and O–H groups in total. The normalized spacial score (nSPS) is 10.2. The van der Waals surface area contributed by atoms with E-state index in [1.165, 1.54) is 13.1 Å². The highest BCUT2D eigenvalue weighted by molar-refractivity contribution is 5.93. The van der Waals surface area contributed by atoms with Gasteiger partial charge in [0.05, 0.1) is 6.10 Å². The lowest BCUT2D eigenvalue weighted by atomic mass is 10.2. The van der Waals surface area contributed by atoms with Gasteiger partial charge in [-0.05, 0) is 26.8 Å². The molecule has 0 aliphatic rings. The number of pyridine rings is 1. The highest BCUT2D eigenvalue weighted by Gasteiger charge is 2.01. The number of nitrogens with zero attached hydrogens (tertiary/aromatic N) is 1. The molecule has 0 spiro atoms. The Kier molecular flexibility index (Phi) is 3.01. The third-order valence-corrected chi connectivity index (χ3v) is 1.50. The van der Waals surface area contributed by atoms with Gasteiger partial charge in [0.1, 0.15) is 0 Å². The molecule has 0 saturated heterocycles. The van der Waals surface area contributed by atoms with Crippen molar-refractivity contribution in [3.05, 3.63) is 23.9 Å². The lowest BCUT2D eigenvalue weighted by Gasteiger charge is -2.07. The number of ketones is 1. The van der Waals surface area contributed by atoms with Gasteiger partial charge in [-0.25, -0.2) is 4.98 Å². The van der Waals surface area contributed by atoms with Crippen molar-refractivity contribution in [1.82, 2.24) is 4.98 Å². The van der Waals surface area contributed by atoms with Gasteiger partial charge in [-0.2, -0.15) is 0 Å². The van der Waals surface area contributed by atoms with Crippen LogP contribution in [0, 0.1) is 0 Å². The first kappa shape index (κ1) is 9.71. The average Bonchev–Trinajstić information content (AvgIpc) is 2.04. The second-order valence-corrected chi connectivity index (χ2v) is 3.11. The van der Waals surface area contributed by atoms with Gasteiger partial charge in [0.2, 0.25) is 5.88 Å². The molecule has 0 aliphatic heterocycles. The highest BCUT2D eigenvalue weighted by atomic mass is 16.5. The summed E-state index contributed by atoms with van der Waals surface area (Å²) < 4.78 is 5.33. The predicted octanol–water partition coefficient (Wildman–Crippen LogP) is 2.07. The van der Waals surface area contributed by atoms with E-state index in [1.807, 2.05) is 13.8 Å². The summed E-state index contributed by atoms with van der Waals surface area (Å²) in [5.41, 5.74) is 0.608. The van der Waals surface area contributed by atoms with E-state index in [9.17, 15) is 4.79 Å². The third kappa shape index (κ3) is 2.86. The summed E-state index contributed by atoms with van der Waals surface area (Å²) >= 11 is 0. The largest absolute Gasteiger partial charge is 0.475 e. The Hall–Kier alpha value is -1.38. The molecule has 0 radical (unpaired) electrons. The zero-order valence-corrected chi connectivity index (χ0v) is 8.07. The van der Waals surface area contributed by atoms with Crippen LogP contribution in [0.2, 0.25) is 0 Å². The Morgan fingerprint density at radius 3 is 2.54 bits per heavy atom. The average molecular weight is 179 g/mol. The minimum Gasteiger partial charge on any atom is -0.475 e. The molecule has 3 nitrogen and oxygen atoms in total. The molecule has 0 aliphatic carbocycles. The quantitative estimate of drug-likeness (QED) is 0.667. The van der Waals surface area contributed by atoms with Crippen molar-refractivity contribution >= 4 is 5.78 Å². The van der Waals surface area contributed by atoms with Crippen LogP contribution in [-0.2, 0) is 0 Å². The van der Waals surface area contributed by atoms with Crippen molar-refractivity contribution in [2.45, 2.75) is 26.9 Å². The summed E-state index contributed by atoms with van der Waals surface area (Å²) in [6.45, 7) is 5.38. The van der Waals surface area contributed by atoms with Gasteiger partial charge in [0.15, 0.2) is 5.78 Å². The summed E-state index contributed by atoms with van der Waals surface area (Å²) in [5.74, 6) is 0.573. The highest BCUT2D eigenvalue weighted by Crippen LogP contribution is 2.09. The zero-order valence-electron chi connectivity index (χ0n) is 8.07. The summed E-state index contributed by atoms with van der Waals surface area (Å²) in [5, 5.41) is 0. The fraction of sp³-hybridized carbons (Fsp3) is 0.400. The summed E-state index contributed by atoms with van der Waals surface area (Å²) in [6.07, 6.45) is 1.63. The molecule has 1 rings (SSSR count). The molecule has 1 heterocycles. The summed E-state index contributed by atoms with van der Waals surface area (Å²) in [7, 11) is 0. The molecule has 0 bridgehead atoms. The number of Topliss-reactive ketones (excluding diaryl/α,β-unsaturated/α-hetero) is 1. The molecule has 0 aromatic carbocycles. The number of carbonyl (C=O) groups excluding carboxylic acids is 1. The predicted molar refractivity (Wildman–Crippen MR) is 50.0 cm³/mol. The maximum atomic E-state index is 10.9. The van der Waals surface area contributed by atoms with Gasteiger partial charge in [0, 0.05) is 17.8 Å². The maximum absolute atomic E-state index is 10.9. The lowest BCUT2D eigenvalue weighted by Crippen LogP contribution is -2.07. The number of aromatic nitrogens is 1. The molecule has 0 fully saturated rings. The van der Waals surface area contributed by atoms with Crippen LogP contribution in [0.25, 0.3) is 0 Å². The number of hydrogen-bond acceptors (Lipinski definition) is 3. The van der Waals surface area contributed by atoms with Crippen LogP contribution >= 0.6 is 0 Å². The van der Waals surface area contributed by atoms with E-state index < -0.39 is 0 Å². The van der Waals surface area contributed by atoms with Gasteiger partial charge >= 0.3 is 0 Å². The molecular formula is C10H13NO2. The molecule has 3 heteroatoms. The van der Waals surface area contributed by atoms with E-state index in [-0.39, 0.29) is 11.9 Å². The number of rotatable bonds is 3. The van der Waals surface area contributed by atoms with Crippen LogP contribution < -0.4 is 4.74 Å². The fourth-order valence-electron chi connectivity index (χ4n) is 0.900. The minimum absolute atomic E-state index is 0.0172. The van der Waals surface area contributed by atoms with Gasteiger partial charge in [-0.1, -0.05) is 0 Å². The van der Waals surface area contributed by atoms with Crippen LogP contribution in [0.15, 0.2) is 18.3 Å². The van der Waals surface area contributed by atoms with Gasteiger partial charge < -0.3 is 4.74 Å².